The molecule has 6 nitrogen and oxygen atoms in total. The lowest BCUT2D eigenvalue weighted by atomic mass is 10.2. The van der Waals surface area contributed by atoms with Crippen LogP contribution in [0.3, 0.4) is 0 Å². The van der Waals surface area contributed by atoms with Crippen LogP contribution in [0.1, 0.15) is 25.0 Å². The summed E-state index contributed by atoms with van der Waals surface area (Å²) in [6, 6.07) is 3.57. The van der Waals surface area contributed by atoms with E-state index in [-0.39, 0.29) is 18.4 Å². The number of likely N-dealkylation sites (tertiary alicyclic amines) is 1. The third-order valence-corrected chi connectivity index (χ3v) is 3.28. The van der Waals surface area contributed by atoms with Crippen molar-refractivity contribution in [2.45, 2.75) is 32.3 Å². The molecule has 0 saturated carbocycles. The molecular weight excluding hydrogens is 258 g/mol. The molecule has 1 aromatic rings. The predicted molar refractivity (Wildman–Crippen MR) is 74.0 cm³/mol. The molecule has 1 aliphatic heterocycles. The Bertz CT molecular complexity index is 487. The summed E-state index contributed by atoms with van der Waals surface area (Å²) in [7, 11) is 0. The fourth-order valence-electron chi connectivity index (χ4n) is 2.16. The van der Waals surface area contributed by atoms with E-state index in [1.807, 2.05) is 6.92 Å². The highest BCUT2D eigenvalue weighted by atomic mass is 16.3. The summed E-state index contributed by atoms with van der Waals surface area (Å²) in [6.07, 6.45) is 2.67. The number of nitrogens with zero attached hydrogens (tertiary/aromatic N) is 2. The highest BCUT2D eigenvalue weighted by Gasteiger charge is 2.26. The number of carbonyl (C=O) groups excluding carboxylic acids is 2. The summed E-state index contributed by atoms with van der Waals surface area (Å²) in [4.78, 5) is 29.3. The van der Waals surface area contributed by atoms with E-state index in [4.69, 9.17) is 0 Å². The maximum absolute atomic E-state index is 11.9. The number of hydrogen-bond acceptors (Lipinski definition) is 4. The van der Waals surface area contributed by atoms with Crippen molar-refractivity contribution in [1.29, 1.82) is 0 Å². The molecule has 1 fully saturated rings. The number of aliphatic hydroxyl groups is 1. The average molecular weight is 277 g/mol. The van der Waals surface area contributed by atoms with Gasteiger partial charge in [0.25, 0.3) is 5.91 Å². The van der Waals surface area contributed by atoms with E-state index in [1.54, 1.807) is 18.3 Å². The van der Waals surface area contributed by atoms with Gasteiger partial charge in [-0.2, -0.15) is 0 Å². The maximum Gasteiger partial charge on any atom is 0.251 e. The largest absolute Gasteiger partial charge is 0.383 e. The van der Waals surface area contributed by atoms with Gasteiger partial charge in [-0.05, 0) is 38.3 Å². The average Bonchev–Trinajstić information content (AvgIpc) is 2.57. The van der Waals surface area contributed by atoms with Gasteiger partial charge in [0.1, 0.15) is 6.10 Å². The molecular formula is C14H19N3O3. The first-order chi connectivity index (χ1) is 9.56. The van der Waals surface area contributed by atoms with Crippen molar-refractivity contribution >= 4 is 17.5 Å². The second-order valence-electron chi connectivity index (χ2n) is 5.01. The first kappa shape index (κ1) is 14.5. The quantitative estimate of drug-likeness (QED) is 0.852. The van der Waals surface area contributed by atoms with Crippen molar-refractivity contribution < 1.29 is 14.7 Å². The third-order valence-electron chi connectivity index (χ3n) is 3.28. The van der Waals surface area contributed by atoms with Crippen molar-refractivity contribution in [1.82, 2.24) is 9.88 Å². The fourth-order valence-corrected chi connectivity index (χ4v) is 2.16. The van der Waals surface area contributed by atoms with Gasteiger partial charge in [0, 0.05) is 12.2 Å². The Hall–Kier alpha value is -1.95. The van der Waals surface area contributed by atoms with Crippen LogP contribution < -0.4 is 5.32 Å². The lowest BCUT2D eigenvalue weighted by molar-refractivity contribution is -0.141. The van der Waals surface area contributed by atoms with Crippen LogP contribution in [0.15, 0.2) is 18.3 Å². The standard InChI is InChI=1S/C14H19N3O3/c1-10-5-6-11(8-15-10)16-13(19)9-17-7-3-2-4-12(18)14(17)20/h5-6,8,12,18H,2-4,7,9H2,1H3,(H,16,19). The van der Waals surface area contributed by atoms with E-state index in [9.17, 15) is 14.7 Å². The van der Waals surface area contributed by atoms with Gasteiger partial charge in [-0.1, -0.05) is 0 Å². The van der Waals surface area contributed by atoms with Gasteiger partial charge in [-0.25, -0.2) is 0 Å². The minimum Gasteiger partial charge on any atom is -0.383 e. The molecule has 2 N–H and O–H groups in total. The van der Waals surface area contributed by atoms with Gasteiger partial charge in [-0.3, -0.25) is 14.6 Å². The van der Waals surface area contributed by atoms with E-state index >= 15 is 0 Å². The fraction of sp³-hybridized carbons (Fsp3) is 0.500. The molecule has 2 amide bonds. The summed E-state index contributed by atoms with van der Waals surface area (Å²) in [5.41, 5.74) is 1.47. The number of carbonyl (C=O) groups is 2. The highest BCUT2D eigenvalue weighted by molar-refractivity contribution is 5.95. The molecule has 0 radical (unpaired) electrons. The molecule has 0 bridgehead atoms. The minimum absolute atomic E-state index is 0.0379. The number of aromatic nitrogens is 1. The Labute approximate surface area is 117 Å². The zero-order valence-electron chi connectivity index (χ0n) is 11.5. The molecule has 2 heterocycles. The second-order valence-corrected chi connectivity index (χ2v) is 5.01. The Kier molecular flexibility index (Phi) is 4.68. The van der Waals surface area contributed by atoms with Crippen LogP contribution in [0.25, 0.3) is 0 Å². The van der Waals surface area contributed by atoms with Crippen LogP contribution >= 0.6 is 0 Å². The summed E-state index contributed by atoms with van der Waals surface area (Å²) in [5, 5.41) is 12.3. The smallest absolute Gasteiger partial charge is 0.251 e. The number of nitrogens with one attached hydrogen (secondary N) is 1. The lowest BCUT2D eigenvalue weighted by Gasteiger charge is -2.21. The zero-order valence-corrected chi connectivity index (χ0v) is 11.5. The molecule has 108 valence electrons. The van der Waals surface area contributed by atoms with Gasteiger partial charge in [0.15, 0.2) is 0 Å². The van der Waals surface area contributed by atoms with Crippen molar-refractivity contribution in [3.63, 3.8) is 0 Å². The van der Waals surface area contributed by atoms with Crippen LogP contribution in [0.5, 0.6) is 0 Å². The summed E-state index contributed by atoms with van der Waals surface area (Å²) < 4.78 is 0. The van der Waals surface area contributed by atoms with Crippen molar-refractivity contribution in [2.75, 3.05) is 18.4 Å². The third kappa shape index (κ3) is 3.77. The molecule has 1 saturated heterocycles. The number of rotatable bonds is 3. The second kappa shape index (κ2) is 6.47. The van der Waals surface area contributed by atoms with Crippen LogP contribution in [0.2, 0.25) is 0 Å². The first-order valence-electron chi connectivity index (χ1n) is 6.75. The number of pyridine rings is 1. The minimum atomic E-state index is -0.980. The molecule has 1 atom stereocenters. The Balaban J connectivity index is 1.93. The maximum atomic E-state index is 11.9. The highest BCUT2D eigenvalue weighted by Crippen LogP contribution is 2.12. The Morgan fingerprint density at radius 2 is 2.30 bits per heavy atom. The Morgan fingerprint density at radius 1 is 1.50 bits per heavy atom. The molecule has 0 aromatic carbocycles. The summed E-state index contributed by atoms with van der Waals surface area (Å²) in [6.45, 7) is 2.34. The monoisotopic (exact) mass is 277 g/mol. The summed E-state index contributed by atoms with van der Waals surface area (Å²) >= 11 is 0. The lowest BCUT2D eigenvalue weighted by Crippen LogP contribution is -2.42. The van der Waals surface area contributed by atoms with Crippen LogP contribution in [-0.4, -0.2) is 46.0 Å². The summed E-state index contributed by atoms with van der Waals surface area (Å²) in [5.74, 6) is -0.641. The molecule has 6 heteroatoms. The van der Waals surface area contributed by atoms with Gasteiger partial charge < -0.3 is 15.3 Å². The van der Waals surface area contributed by atoms with Crippen molar-refractivity contribution in [2.24, 2.45) is 0 Å². The first-order valence-corrected chi connectivity index (χ1v) is 6.75. The van der Waals surface area contributed by atoms with Crippen LogP contribution in [0, 0.1) is 6.92 Å². The van der Waals surface area contributed by atoms with Gasteiger partial charge >= 0.3 is 0 Å². The predicted octanol–water partition coefficient (Wildman–Crippen LogP) is 0.702. The topological polar surface area (TPSA) is 82.5 Å². The van der Waals surface area contributed by atoms with E-state index < -0.39 is 6.10 Å². The Morgan fingerprint density at radius 3 is 3.00 bits per heavy atom. The SMILES string of the molecule is Cc1ccc(NC(=O)CN2CCCCC(O)C2=O)cn1. The number of aryl methyl sites for hydroxylation is 1. The van der Waals surface area contributed by atoms with Gasteiger partial charge in [0.05, 0.1) is 18.4 Å². The zero-order chi connectivity index (χ0) is 14.5. The van der Waals surface area contributed by atoms with Crippen molar-refractivity contribution in [3.05, 3.63) is 24.0 Å². The molecule has 20 heavy (non-hydrogen) atoms. The van der Waals surface area contributed by atoms with Gasteiger partial charge in [-0.15, -0.1) is 0 Å². The molecule has 0 spiro atoms. The number of anilines is 1. The van der Waals surface area contributed by atoms with E-state index in [2.05, 4.69) is 10.3 Å². The van der Waals surface area contributed by atoms with E-state index in [0.29, 0.717) is 18.7 Å². The molecule has 2 rings (SSSR count). The van der Waals surface area contributed by atoms with E-state index in [1.165, 1.54) is 4.90 Å². The number of aliphatic hydroxyl groups excluding tert-OH is 1. The molecule has 1 aliphatic rings. The number of amides is 2. The molecule has 1 unspecified atom stereocenters. The van der Waals surface area contributed by atoms with Crippen molar-refractivity contribution in [3.8, 4) is 0 Å². The van der Waals surface area contributed by atoms with Crippen LogP contribution in [-0.2, 0) is 9.59 Å². The van der Waals surface area contributed by atoms with Crippen LogP contribution in [0.4, 0.5) is 5.69 Å². The van der Waals surface area contributed by atoms with E-state index in [0.717, 1.165) is 18.5 Å². The normalized spacial score (nSPS) is 19.6. The molecule has 0 aliphatic carbocycles. The molecule has 1 aromatic heterocycles. The number of hydrogen-bond donors (Lipinski definition) is 2. The van der Waals surface area contributed by atoms with Gasteiger partial charge in [0.2, 0.25) is 5.91 Å².